The summed E-state index contributed by atoms with van der Waals surface area (Å²) in [6.45, 7) is 14.1. The Kier molecular flexibility index (Phi) is 15.1. The van der Waals surface area contributed by atoms with Gasteiger partial charge in [-0.15, -0.1) is 13.2 Å². The first-order chi connectivity index (χ1) is 17.2. The molecule has 36 heavy (non-hydrogen) atoms. The van der Waals surface area contributed by atoms with Gasteiger partial charge in [-0.1, -0.05) is 69.7 Å². The van der Waals surface area contributed by atoms with E-state index in [1.165, 1.54) is 5.06 Å². The molecule has 0 bridgehead atoms. The van der Waals surface area contributed by atoms with Crippen LogP contribution in [0.4, 0.5) is 0 Å². The topological polar surface area (TPSA) is 87.7 Å². The number of nitrogens with zero attached hydrogens (tertiary/aromatic N) is 1. The van der Waals surface area contributed by atoms with Crippen LogP contribution in [0.25, 0.3) is 0 Å². The molecule has 0 aromatic heterocycles. The quantitative estimate of drug-likeness (QED) is 0.122. The normalized spacial score (nSPS) is 12.8. The van der Waals surface area contributed by atoms with Gasteiger partial charge in [-0.25, -0.2) is 5.06 Å². The Balaban J connectivity index is 2.81. The third-order valence-corrected chi connectivity index (χ3v) is 5.89. The van der Waals surface area contributed by atoms with Gasteiger partial charge in [0.15, 0.2) is 0 Å². The predicted octanol–water partition coefficient (Wildman–Crippen LogP) is 4.94. The maximum absolute atomic E-state index is 13.3. The van der Waals surface area contributed by atoms with E-state index >= 15 is 0 Å². The van der Waals surface area contributed by atoms with Gasteiger partial charge in [0, 0.05) is 6.54 Å². The fourth-order valence-electron chi connectivity index (χ4n) is 3.73. The third-order valence-electron chi connectivity index (χ3n) is 5.89. The van der Waals surface area contributed by atoms with Crippen molar-refractivity contribution in [2.75, 3.05) is 13.1 Å². The fourth-order valence-corrected chi connectivity index (χ4v) is 3.73. The molecule has 0 saturated heterocycles. The molecule has 0 aliphatic carbocycles. The molecule has 0 heterocycles. The smallest absolute Gasteiger partial charge is 0.243 e. The van der Waals surface area contributed by atoms with E-state index in [0.717, 1.165) is 44.1 Å². The summed E-state index contributed by atoms with van der Waals surface area (Å²) in [5, 5.41) is 7.10. The molecule has 0 spiro atoms. The lowest BCUT2D eigenvalue weighted by Crippen LogP contribution is -2.55. The minimum Gasteiger partial charge on any atom is -0.354 e. The van der Waals surface area contributed by atoms with Crippen LogP contribution in [0.3, 0.4) is 0 Å². The number of hydrogen-bond donors (Lipinski definition) is 2. The molecule has 7 heteroatoms. The van der Waals surface area contributed by atoms with E-state index < -0.39 is 17.4 Å². The summed E-state index contributed by atoms with van der Waals surface area (Å²) in [5.41, 5.74) is 0.438. The van der Waals surface area contributed by atoms with Crippen molar-refractivity contribution in [1.29, 1.82) is 0 Å². The first-order valence-electron chi connectivity index (χ1n) is 12.9. The maximum Gasteiger partial charge on any atom is 0.243 e. The van der Waals surface area contributed by atoms with Crippen LogP contribution in [0.2, 0.25) is 0 Å². The Morgan fingerprint density at radius 3 is 2.28 bits per heavy atom. The van der Waals surface area contributed by atoms with Crippen LogP contribution < -0.4 is 10.6 Å². The monoisotopic (exact) mass is 499 g/mol. The minimum atomic E-state index is -0.699. The zero-order valence-electron chi connectivity index (χ0n) is 22.3. The van der Waals surface area contributed by atoms with Gasteiger partial charge in [0.1, 0.15) is 12.6 Å². The highest BCUT2D eigenvalue weighted by Crippen LogP contribution is 2.21. The van der Waals surface area contributed by atoms with Crippen molar-refractivity contribution in [3.05, 3.63) is 61.2 Å². The standard InChI is InChI=1S/C29H45N3O4/c1-6-8-10-11-16-20-30-28(35)26(29(3,4)5)31-27(34)25(19-13-9-7-2)21-32(23-33)36-22-24-17-14-12-15-18-24/h6-7,12,14-15,17-18,23,25-26H,1-2,8-11,13,16,19-22H2,3-5H3,(H,30,35)(H,31,34)/t25-,26-/m1/s1. The van der Waals surface area contributed by atoms with E-state index in [0.29, 0.717) is 19.4 Å². The number of unbranched alkanes of at least 4 members (excludes halogenated alkanes) is 4. The fraction of sp³-hybridized carbons (Fsp3) is 0.552. The van der Waals surface area contributed by atoms with Crippen LogP contribution >= 0.6 is 0 Å². The molecule has 0 radical (unpaired) electrons. The summed E-state index contributed by atoms with van der Waals surface area (Å²) in [7, 11) is 0. The van der Waals surface area contributed by atoms with Gasteiger partial charge in [0.05, 0.1) is 12.5 Å². The second-order valence-corrected chi connectivity index (χ2v) is 10.1. The van der Waals surface area contributed by atoms with E-state index in [4.69, 9.17) is 4.84 Å². The first-order valence-corrected chi connectivity index (χ1v) is 12.9. The molecule has 0 saturated carbocycles. The molecule has 0 fully saturated rings. The lowest BCUT2D eigenvalue weighted by molar-refractivity contribution is -0.182. The SMILES string of the molecule is C=CCCCCCNC(=O)[C@@H](NC(=O)[C@H](CCCC=C)CN(C=O)OCc1ccccc1)C(C)(C)C. The van der Waals surface area contributed by atoms with Gasteiger partial charge in [0.25, 0.3) is 0 Å². The molecule has 2 atom stereocenters. The molecule has 1 aromatic carbocycles. The van der Waals surface area contributed by atoms with Gasteiger partial charge in [-0.05, 0) is 49.5 Å². The zero-order valence-corrected chi connectivity index (χ0v) is 22.3. The van der Waals surface area contributed by atoms with Crippen LogP contribution in [0.1, 0.15) is 71.3 Å². The van der Waals surface area contributed by atoms with E-state index in [1.807, 2.05) is 57.2 Å². The highest BCUT2D eigenvalue weighted by molar-refractivity contribution is 5.89. The number of carbonyl (C=O) groups excluding carboxylic acids is 3. The van der Waals surface area contributed by atoms with E-state index in [9.17, 15) is 14.4 Å². The van der Waals surface area contributed by atoms with E-state index in [1.54, 1.807) is 6.08 Å². The number of amides is 3. The number of carbonyl (C=O) groups is 3. The predicted molar refractivity (Wildman–Crippen MR) is 145 cm³/mol. The Bertz CT molecular complexity index is 804. The molecule has 7 nitrogen and oxygen atoms in total. The third kappa shape index (κ3) is 12.7. The maximum atomic E-state index is 13.3. The summed E-state index contributed by atoms with van der Waals surface area (Å²) < 4.78 is 0. The Morgan fingerprint density at radius 1 is 1.00 bits per heavy atom. The lowest BCUT2D eigenvalue weighted by Gasteiger charge is -2.32. The number of hydrogen-bond acceptors (Lipinski definition) is 4. The number of benzene rings is 1. The molecular weight excluding hydrogens is 454 g/mol. The summed E-state index contributed by atoms with van der Waals surface area (Å²) >= 11 is 0. The summed E-state index contributed by atoms with van der Waals surface area (Å²) in [6, 6.07) is 8.82. The molecule has 2 N–H and O–H groups in total. The Labute approximate surface area is 217 Å². The van der Waals surface area contributed by atoms with Crippen molar-refractivity contribution < 1.29 is 19.2 Å². The number of rotatable bonds is 19. The molecule has 1 aromatic rings. The Hall–Kier alpha value is -2.93. The van der Waals surface area contributed by atoms with Gasteiger partial charge < -0.3 is 10.6 Å². The van der Waals surface area contributed by atoms with Crippen LogP contribution in [-0.2, 0) is 25.8 Å². The van der Waals surface area contributed by atoms with Crippen LogP contribution in [0, 0.1) is 11.3 Å². The highest BCUT2D eigenvalue weighted by Gasteiger charge is 2.34. The van der Waals surface area contributed by atoms with Crippen LogP contribution in [-0.4, -0.2) is 42.4 Å². The summed E-state index contributed by atoms with van der Waals surface area (Å²) in [6.07, 6.45) is 10.2. The molecule has 200 valence electrons. The number of nitrogens with one attached hydrogen (secondary N) is 2. The van der Waals surface area contributed by atoms with Crippen molar-refractivity contribution in [2.45, 2.75) is 78.4 Å². The second kappa shape index (κ2) is 17.5. The minimum absolute atomic E-state index is 0.0983. The first kappa shape index (κ1) is 31.1. The largest absolute Gasteiger partial charge is 0.354 e. The molecule has 1 rings (SSSR count). The average Bonchev–Trinajstić information content (AvgIpc) is 2.85. The van der Waals surface area contributed by atoms with E-state index in [2.05, 4.69) is 23.8 Å². The van der Waals surface area contributed by atoms with Gasteiger partial charge in [-0.2, -0.15) is 0 Å². The van der Waals surface area contributed by atoms with Gasteiger partial charge >= 0.3 is 0 Å². The highest BCUT2D eigenvalue weighted by atomic mass is 16.7. The van der Waals surface area contributed by atoms with Gasteiger partial charge in [0.2, 0.25) is 18.2 Å². The summed E-state index contributed by atoms with van der Waals surface area (Å²) in [5.74, 6) is -0.991. The van der Waals surface area contributed by atoms with Gasteiger partial charge in [-0.3, -0.25) is 19.2 Å². The molecule has 0 unspecified atom stereocenters. The average molecular weight is 500 g/mol. The van der Waals surface area contributed by atoms with Crippen LogP contribution in [0.15, 0.2) is 55.6 Å². The number of hydroxylamine groups is 2. The second-order valence-electron chi connectivity index (χ2n) is 10.1. The van der Waals surface area contributed by atoms with Crippen molar-refractivity contribution in [3.63, 3.8) is 0 Å². The zero-order chi connectivity index (χ0) is 26.8. The van der Waals surface area contributed by atoms with Crippen molar-refractivity contribution in [1.82, 2.24) is 15.7 Å². The summed E-state index contributed by atoms with van der Waals surface area (Å²) in [4.78, 5) is 43.7. The van der Waals surface area contributed by atoms with Crippen LogP contribution in [0.5, 0.6) is 0 Å². The van der Waals surface area contributed by atoms with Crippen molar-refractivity contribution >= 4 is 18.2 Å². The molecule has 0 aliphatic heterocycles. The van der Waals surface area contributed by atoms with E-state index in [-0.39, 0.29) is 25.0 Å². The lowest BCUT2D eigenvalue weighted by atomic mass is 9.85. The van der Waals surface area contributed by atoms with Crippen molar-refractivity contribution in [3.8, 4) is 0 Å². The molecule has 3 amide bonds. The number of allylic oxidation sites excluding steroid dienone is 2. The Morgan fingerprint density at radius 2 is 1.67 bits per heavy atom. The molecule has 0 aliphatic rings. The van der Waals surface area contributed by atoms with Crippen molar-refractivity contribution in [2.24, 2.45) is 11.3 Å². The molecular formula is C29H45N3O4.